The maximum Gasteiger partial charge on any atom is 0.264 e. The van der Waals surface area contributed by atoms with Gasteiger partial charge >= 0.3 is 0 Å². The zero-order chi connectivity index (χ0) is 19.0. The summed E-state index contributed by atoms with van der Waals surface area (Å²) in [5, 5.41) is 0.763. The lowest BCUT2D eigenvalue weighted by Gasteiger charge is -2.19. The van der Waals surface area contributed by atoms with E-state index in [2.05, 4.69) is 9.71 Å². The molecule has 1 fully saturated rings. The fourth-order valence-electron chi connectivity index (χ4n) is 3.43. The van der Waals surface area contributed by atoms with Crippen LogP contribution in [0, 0.1) is 6.92 Å². The molecule has 2 aromatic carbocycles. The van der Waals surface area contributed by atoms with Gasteiger partial charge in [-0.2, -0.15) is 0 Å². The second-order valence-electron chi connectivity index (χ2n) is 6.59. The van der Waals surface area contributed by atoms with Gasteiger partial charge in [-0.1, -0.05) is 18.2 Å². The molecule has 0 aliphatic carbocycles. The molecule has 1 N–H and O–H groups in total. The van der Waals surface area contributed by atoms with Crippen molar-refractivity contribution in [1.82, 2.24) is 4.98 Å². The summed E-state index contributed by atoms with van der Waals surface area (Å²) in [6, 6.07) is 13.9. The van der Waals surface area contributed by atoms with Crippen molar-refractivity contribution in [3.63, 3.8) is 0 Å². The van der Waals surface area contributed by atoms with E-state index in [0.29, 0.717) is 24.2 Å². The van der Waals surface area contributed by atoms with Gasteiger partial charge in [0.1, 0.15) is 4.90 Å². The fraction of sp³-hybridized carbons (Fsp3) is 0.200. The van der Waals surface area contributed by atoms with Crippen LogP contribution in [0.3, 0.4) is 0 Å². The molecule has 2 heterocycles. The Balaban J connectivity index is 1.67. The lowest BCUT2D eigenvalue weighted by molar-refractivity contribution is -0.117. The third-order valence-electron chi connectivity index (χ3n) is 4.70. The fourth-order valence-corrected chi connectivity index (χ4v) is 4.66. The van der Waals surface area contributed by atoms with Crippen LogP contribution >= 0.6 is 0 Å². The molecule has 0 bridgehead atoms. The summed E-state index contributed by atoms with van der Waals surface area (Å²) >= 11 is 0. The highest BCUT2D eigenvalue weighted by atomic mass is 32.2. The SMILES string of the molecule is Cc1cc(NS(=O)(=O)c2cccc3cccnc23)ccc1N1CCCC1=O. The number of pyridine rings is 1. The zero-order valence-electron chi connectivity index (χ0n) is 14.8. The number of sulfonamides is 1. The number of aromatic nitrogens is 1. The number of carbonyl (C=O) groups excluding carboxylic acids is 1. The van der Waals surface area contributed by atoms with Crippen LogP contribution in [0.2, 0.25) is 0 Å². The van der Waals surface area contributed by atoms with Crippen LogP contribution in [0.1, 0.15) is 18.4 Å². The first-order valence-corrected chi connectivity index (χ1v) is 10.2. The van der Waals surface area contributed by atoms with E-state index in [1.165, 1.54) is 0 Å². The molecular formula is C20H19N3O3S. The molecule has 7 heteroatoms. The van der Waals surface area contributed by atoms with Crippen molar-refractivity contribution in [2.45, 2.75) is 24.7 Å². The zero-order valence-corrected chi connectivity index (χ0v) is 15.7. The highest BCUT2D eigenvalue weighted by Crippen LogP contribution is 2.29. The van der Waals surface area contributed by atoms with Crippen molar-refractivity contribution in [3.8, 4) is 0 Å². The van der Waals surface area contributed by atoms with Crippen molar-refractivity contribution in [3.05, 3.63) is 60.3 Å². The van der Waals surface area contributed by atoms with Gasteiger partial charge in [0.2, 0.25) is 5.91 Å². The van der Waals surface area contributed by atoms with Gasteiger partial charge in [-0.05, 0) is 49.2 Å². The molecule has 27 heavy (non-hydrogen) atoms. The molecule has 1 amide bonds. The minimum atomic E-state index is -3.79. The number of hydrogen-bond donors (Lipinski definition) is 1. The Kier molecular flexibility index (Phi) is 4.31. The summed E-state index contributed by atoms with van der Waals surface area (Å²) in [4.78, 5) is 18.1. The first-order chi connectivity index (χ1) is 13.0. The van der Waals surface area contributed by atoms with Gasteiger partial charge in [-0.25, -0.2) is 8.42 Å². The van der Waals surface area contributed by atoms with Gasteiger partial charge in [0.25, 0.3) is 10.0 Å². The Bertz CT molecular complexity index is 1140. The number of rotatable bonds is 4. The number of amides is 1. The molecule has 6 nitrogen and oxygen atoms in total. The monoisotopic (exact) mass is 381 g/mol. The van der Waals surface area contributed by atoms with Crippen LogP contribution in [0.25, 0.3) is 10.9 Å². The number of carbonyl (C=O) groups is 1. The van der Waals surface area contributed by atoms with Gasteiger partial charge < -0.3 is 4.90 Å². The van der Waals surface area contributed by atoms with Gasteiger partial charge in [-0.15, -0.1) is 0 Å². The van der Waals surface area contributed by atoms with E-state index in [0.717, 1.165) is 23.1 Å². The summed E-state index contributed by atoms with van der Waals surface area (Å²) in [5.74, 6) is 0.105. The van der Waals surface area contributed by atoms with E-state index >= 15 is 0 Å². The molecular weight excluding hydrogens is 362 g/mol. The Morgan fingerprint density at radius 2 is 1.93 bits per heavy atom. The topological polar surface area (TPSA) is 79.4 Å². The van der Waals surface area contributed by atoms with E-state index in [1.807, 2.05) is 19.1 Å². The first-order valence-electron chi connectivity index (χ1n) is 8.73. The Hall–Kier alpha value is -2.93. The molecule has 4 rings (SSSR count). The van der Waals surface area contributed by atoms with Crippen molar-refractivity contribution < 1.29 is 13.2 Å². The average molecular weight is 381 g/mol. The van der Waals surface area contributed by atoms with Gasteiger partial charge in [-0.3, -0.25) is 14.5 Å². The van der Waals surface area contributed by atoms with E-state index in [1.54, 1.807) is 47.5 Å². The van der Waals surface area contributed by atoms with Gasteiger partial charge in [0, 0.05) is 35.9 Å². The quantitative estimate of drug-likeness (QED) is 0.750. The van der Waals surface area contributed by atoms with Crippen LogP contribution in [0.5, 0.6) is 0 Å². The molecule has 1 aliphatic heterocycles. The van der Waals surface area contributed by atoms with E-state index in [4.69, 9.17) is 0 Å². The molecule has 138 valence electrons. The molecule has 0 unspecified atom stereocenters. The van der Waals surface area contributed by atoms with Crippen molar-refractivity contribution in [2.75, 3.05) is 16.2 Å². The summed E-state index contributed by atoms with van der Waals surface area (Å²) in [6.07, 6.45) is 2.98. The molecule has 0 saturated carbocycles. The number of anilines is 2. The minimum Gasteiger partial charge on any atom is -0.312 e. The van der Waals surface area contributed by atoms with Gasteiger partial charge in [0.15, 0.2) is 0 Å². The normalized spacial score (nSPS) is 14.7. The minimum absolute atomic E-state index is 0.105. The van der Waals surface area contributed by atoms with Crippen LogP contribution in [-0.4, -0.2) is 25.9 Å². The van der Waals surface area contributed by atoms with Crippen molar-refractivity contribution in [2.24, 2.45) is 0 Å². The summed E-state index contributed by atoms with van der Waals surface area (Å²) in [5.41, 5.74) is 2.56. The molecule has 3 aromatic rings. The number of aryl methyl sites for hydroxylation is 1. The predicted molar refractivity (Wildman–Crippen MR) is 105 cm³/mol. The van der Waals surface area contributed by atoms with Crippen LogP contribution in [0.15, 0.2) is 59.6 Å². The third kappa shape index (κ3) is 3.26. The molecule has 1 aliphatic rings. The van der Waals surface area contributed by atoms with E-state index in [-0.39, 0.29) is 10.8 Å². The molecule has 0 atom stereocenters. The molecule has 1 saturated heterocycles. The first kappa shape index (κ1) is 17.5. The Morgan fingerprint density at radius 1 is 1.11 bits per heavy atom. The largest absolute Gasteiger partial charge is 0.312 e. The second-order valence-corrected chi connectivity index (χ2v) is 8.24. The number of nitrogens with zero attached hydrogens (tertiary/aromatic N) is 2. The van der Waals surface area contributed by atoms with Crippen molar-refractivity contribution in [1.29, 1.82) is 0 Å². The molecule has 0 radical (unpaired) electrons. The van der Waals surface area contributed by atoms with Crippen molar-refractivity contribution >= 4 is 38.2 Å². The lowest BCUT2D eigenvalue weighted by atomic mass is 10.1. The summed E-state index contributed by atoms with van der Waals surface area (Å²) in [7, 11) is -3.79. The van der Waals surface area contributed by atoms with E-state index in [9.17, 15) is 13.2 Å². The number of hydrogen-bond acceptors (Lipinski definition) is 4. The van der Waals surface area contributed by atoms with Crippen LogP contribution in [0.4, 0.5) is 11.4 Å². The number of para-hydroxylation sites is 1. The third-order valence-corrected chi connectivity index (χ3v) is 6.11. The molecule has 0 spiro atoms. The van der Waals surface area contributed by atoms with Crippen LogP contribution < -0.4 is 9.62 Å². The smallest absolute Gasteiger partial charge is 0.264 e. The van der Waals surface area contributed by atoms with Gasteiger partial charge in [0.05, 0.1) is 5.52 Å². The number of nitrogens with one attached hydrogen (secondary N) is 1. The predicted octanol–water partition coefficient (Wildman–Crippen LogP) is 3.47. The Labute approximate surface area is 157 Å². The van der Waals surface area contributed by atoms with Crippen LogP contribution in [-0.2, 0) is 14.8 Å². The highest BCUT2D eigenvalue weighted by Gasteiger charge is 2.24. The summed E-state index contributed by atoms with van der Waals surface area (Å²) in [6.45, 7) is 2.57. The Morgan fingerprint density at radius 3 is 2.67 bits per heavy atom. The number of fused-ring (bicyclic) bond motifs is 1. The maximum absolute atomic E-state index is 12.9. The molecule has 1 aromatic heterocycles. The summed E-state index contributed by atoms with van der Waals surface area (Å²) < 4.78 is 28.4. The standard InChI is InChI=1S/C20H19N3O3S/c1-14-13-16(9-10-17(14)23-12-4-8-19(23)24)22-27(25,26)18-7-2-5-15-6-3-11-21-20(15)18/h2-3,5-7,9-11,13,22H,4,8,12H2,1H3. The highest BCUT2D eigenvalue weighted by molar-refractivity contribution is 7.93. The van der Waals surface area contributed by atoms with E-state index < -0.39 is 10.0 Å². The average Bonchev–Trinajstić information content (AvgIpc) is 3.07. The number of benzene rings is 2. The second kappa shape index (κ2) is 6.66. The maximum atomic E-state index is 12.9. The lowest BCUT2D eigenvalue weighted by Crippen LogP contribution is -2.24.